The third-order valence-electron chi connectivity index (χ3n) is 3.81. The Labute approximate surface area is 106 Å². The van der Waals surface area contributed by atoms with Gasteiger partial charge in [-0.15, -0.1) is 0 Å². The van der Waals surface area contributed by atoms with Gasteiger partial charge in [-0.25, -0.2) is 4.39 Å². The summed E-state index contributed by atoms with van der Waals surface area (Å²) in [6.45, 7) is 0.921. The molecule has 0 bridgehead atoms. The third-order valence-corrected chi connectivity index (χ3v) is 3.81. The molecule has 1 aliphatic carbocycles. The van der Waals surface area contributed by atoms with Gasteiger partial charge < -0.3 is 10.4 Å². The molecule has 0 radical (unpaired) electrons. The molecular weight excluding hydrogens is 231 g/mol. The van der Waals surface area contributed by atoms with E-state index >= 15 is 0 Å². The Kier molecular flexibility index (Phi) is 3.83. The van der Waals surface area contributed by atoms with Crippen LogP contribution in [-0.4, -0.2) is 18.3 Å². The van der Waals surface area contributed by atoms with E-state index in [1.54, 1.807) is 6.07 Å². The Morgan fingerprint density at radius 3 is 2.78 bits per heavy atom. The molecule has 2 N–H and O–H groups in total. The number of halogens is 1. The number of hydrogen-bond donors (Lipinski definition) is 2. The van der Waals surface area contributed by atoms with Crippen LogP contribution in [0.15, 0.2) is 18.2 Å². The van der Waals surface area contributed by atoms with Crippen molar-refractivity contribution in [2.24, 2.45) is 5.41 Å². The summed E-state index contributed by atoms with van der Waals surface area (Å²) >= 11 is 0. The number of hydrogen-bond acceptors (Lipinski definition) is 3. The summed E-state index contributed by atoms with van der Waals surface area (Å²) in [7, 11) is 0. The van der Waals surface area contributed by atoms with Crippen LogP contribution in [0.5, 0.6) is 0 Å². The summed E-state index contributed by atoms with van der Waals surface area (Å²) in [6, 6.07) is 6.17. The molecule has 1 aromatic rings. The number of nitrogens with one attached hydrogen (secondary N) is 1. The molecule has 0 heterocycles. The molecule has 1 aromatic carbocycles. The van der Waals surface area contributed by atoms with Crippen LogP contribution in [0, 0.1) is 22.6 Å². The van der Waals surface area contributed by atoms with E-state index in [1.807, 2.05) is 6.07 Å². The highest BCUT2D eigenvalue weighted by molar-refractivity contribution is 5.57. The highest BCUT2D eigenvalue weighted by Gasteiger charge is 2.36. The van der Waals surface area contributed by atoms with Crippen LogP contribution in [0.3, 0.4) is 0 Å². The fraction of sp³-hybridized carbons (Fsp3) is 0.500. The van der Waals surface area contributed by atoms with E-state index in [0.29, 0.717) is 11.3 Å². The molecule has 0 unspecified atom stereocenters. The van der Waals surface area contributed by atoms with Crippen molar-refractivity contribution in [3.63, 3.8) is 0 Å². The molecule has 1 saturated carbocycles. The molecule has 1 aliphatic rings. The van der Waals surface area contributed by atoms with Crippen molar-refractivity contribution in [3.05, 3.63) is 29.6 Å². The van der Waals surface area contributed by atoms with Gasteiger partial charge in [0.25, 0.3) is 0 Å². The second-order valence-corrected chi connectivity index (χ2v) is 4.98. The zero-order chi connectivity index (χ0) is 13.0. The maximum Gasteiger partial charge on any atom is 0.124 e. The van der Waals surface area contributed by atoms with E-state index in [9.17, 15) is 4.39 Å². The first-order valence-electron chi connectivity index (χ1n) is 6.23. The highest BCUT2D eigenvalue weighted by atomic mass is 19.1. The molecule has 3 nitrogen and oxygen atoms in total. The number of anilines is 1. The quantitative estimate of drug-likeness (QED) is 0.842. The lowest BCUT2D eigenvalue weighted by atomic mass is 9.66. The van der Waals surface area contributed by atoms with E-state index in [-0.39, 0.29) is 12.0 Å². The van der Waals surface area contributed by atoms with Crippen molar-refractivity contribution in [2.75, 3.05) is 18.5 Å². The second kappa shape index (κ2) is 5.36. The standard InChI is InChI=1S/C14H17FN2O/c15-12-2-3-13(11(8-12)9-16)17-10-14(6-7-18)4-1-5-14/h2-3,8,17-18H,1,4-7,10H2. The predicted octanol–water partition coefficient (Wildman–Crippen LogP) is 2.66. The van der Waals surface area contributed by atoms with Crippen LogP contribution >= 0.6 is 0 Å². The largest absolute Gasteiger partial charge is 0.396 e. The van der Waals surface area contributed by atoms with Crippen molar-refractivity contribution in [1.29, 1.82) is 5.26 Å². The molecule has 0 spiro atoms. The van der Waals surface area contributed by atoms with Crippen LogP contribution in [-0.2, 0) is 0 Å². The zero-order valence-electron chi connectivity index (χ0n) is 10.2. The molecule has 96 valence electrons. The van der Waals surface area contributed by atoms with Gasteiger partial charge in [0.2, 0.25) is 0 Å². The Bertz CT molecular complexity index is 463. The number of aliphatic hydroxyl groups is 1. The molecule has 4 heteroatoms. The lowest BCUT2D eigenvalue weighted by Crippen LogP contribution is -2.37. The lowest BCUT2D eigenvalue weighted by molar-refractivity contribution is 0.102. The van der Waals surface area contributed by atoms with E-state index in [1.165, 1.54) is 18.6 Å². The molecule has 18 heavy (non-hydrogen) atoms. The minimum atomic E-state index is -0.397. The van der Waals surface area contributed by atoms with E-state index < -0.39 is 5.82 Å². The second-order valence-electron chi connectivity index (χ2n) is 4.98. The van der Waals surface area contributed by atoms with E-state index in [2.05, 4.69) is 5.32 Å². The first-order chi connectivity index (χ1) is 8.69. The topological polar surface area (TPSA) is 56.0 Å². The van der Waals surface area contributed by atoms with Gasteiger partial charge in [0, 0.05) is 13.2 Å². The first-order valence-corrected chi connectivity index (χ1v) is 6.23. The molecule has 1 fully saturated rings. The van der Waals surface area contributed by atoms with Gasteiger partial charge in [0.05, 0.1) is 11.3 Å². The summed E-state index contributed by atoms with van der Waals surface area (Å²) in [6.07, 6.45) is 4.17. The molecule has 0 amide bonds. The van der Waals surface area contributed by atoms with Crippen molar-refractivity contribution in [1.82, 2.24) is 0 Å². The average molecular weight is 248 g/mol. The number of nitriles is 1. The normalized spacial score (nSPS) is 16.7. The molecule has 0 atom stereocenters. The smallest absolute Gasteiger partial charge is 0.124 e. The first kappa shape index (κ1) is 12.8. The zero-order valence-corrected chi connectivity index (χ0v) is 10.2. The minimum Gasteiger partial charge on any atom is -0.396 e. The Hall–Kier alpha value is -1.60. The van der Waals surface area contributed by atoms with Gasteiger partial charge in [-0.05, 0) is 42.9 Å². The van der Waals surface area contributed by atoms with Gasteiger partial charge in [-0.3, -0.25) is 0 Å². The lowest BCUT2D eigenvalue weighted by Gasteiger charge is -2.42. The SMILES string of the molecule is N#Cc1cc(F)ccc1NCC1(CCO)CCC1. The summed E-state index contributed by atoms with van der Waals surface area (Å²) < 4.78 is 13.0. The third kappa shape index (κ3) is 2.62. The monoisotopic (exact) mass is 248 g/mol. The summed E-state index contributed by atoms with van der Waals surface area (Å²) in [5.74, 6) is -0.397. The van der Waals surface area contributed by atoms with E-state index in [0.717, 1.165) is 25.8 Å². The van der Waals surface area contributed by atoms with Crippen LogP contribution in [0.4, 0.5) is 10.1 Å². The van der Waals surface area contributed by atoms with Crippen LogP contribution in [0.2, 0.25) is 0 Å². The summed E-state index contributed by atoms with van der Waals surface area (Å²) in [5, 5.41) is 21.2. The maximum atomic E-state index is 13.0. The van der Waals surface area contributed by atoms with Crippen molar-refractivity contribution in [3.8, 4) is 6.07 Å². The van der Waals surface area contributed by atoms with Crippen molar-refractivity contribution >= 4 is 5.69 Å². The van der Waals surface area contributed by atoms with Gasteiger partial charge in [-0.1, -0.05) is 6.42 Å². The fourth-order valence-electron chi connectivity index (χ4n) is 2.47. The van der Waals surface area contributed by atoms with Gasteiger partial charge in [0.1, 0.15) is 11.9 Å². The number of rotatable bonds is 5. The van der Waals surface area contributed by atoms with Crippen LogP contribution < -0.4 is 5.32 Å². The number of benzene rings is 1. The molecule has 0 aliphatic heterocycles. The molecule has 2 rings (SSSR count). The Balaban J connectivity index is 2.04. The number of nitrogens with zero attached hydrogens (tertiary/aromatic N) is 1. The average Bonchev–Trinajstić information content (AvgIpc) is 2.33. The van der Waals surface area contributed by atoms with Gasteiger partial charge in [-0.2, -0.15) is 5.26 Å². The number of aliphatic hydroxyl groups excluding tert-OH is 1. The minimum absolute atomic E-state index is 0.149. The van der Waals surface area contributed by atoms with Crippen molar-refractivity contribution < 1.29 is 9.50 Å². The molecule has 0 saturated heterocycles. The fourth-order valence-corrected chi connectivity index (χ4v) is 2.47. The highest BCUT2D eigenvalue weighted by Crippen LogP contribution is 2.43. The van der Waals surface area contributed by atoms with Crippen LogP contribution in [0.1, 0.15) is 31.2 Å². The predicted molar refractivity (Wildman–Crippen MR) is 67.6 cm³/mol. The molecular formula is C14H17FN2O. The van der Waals surface area contributed by atoms with Gasteiger partial charge >= 0.3 is 0 Å². The summed E-state index contributed by atoms with van der Waals surface area (Å²) in [4.78, 5) is 0. The van der Waals surface area contributed by atoms with Crippen molar-refractivity contribution in [2.45, 2.75) is 25.7 Å². The van der Waals surface area contributed by atoms with Crippen LogP contribution in [0.25, 0.3) is 0 Å². The Morgan fingerprint density at radius 2 is 2.22 bits per heavy atom. The Morgan fingerprint density at radius 1 is 1.44 bits per heavy atom. The van der Waals surface area contributed by atoms with Gasteiger partial charge in [0.15, 0.2) is 0 Å². The van der Waals surface area contributed by atoms with E-state index in [4.69, 9.17) is 10.4 Å². The molecule has 0 aromatic heterocycles. The maximum absolute atomic E-state index is 13.0. The summed E-state index contributed by atoms with van der Waals surface area (Å²) in [5.41, 5.74) is 1.15.